The first-order valence-corrected chi connectivity index (χ1v) is 3.15. The van der Waals surface area contributed by atoms with E-state index in [0.29, 0.717) is 0 Å². The standard InChI is InChI=1S/C4H4BBrFN/c6-5-3-1-2-4(7)8-5/h1-3,8H. The molecular weight excluding hydrogens is 172 g/mol. The van der Waals surface area contributed by atoms with Gasteiger partial charge in [-0.3, -0.25) is 0 Å². The summed E-state index contributed by atoms with van der Waals surface area (Å²) in [6.45, 7) is 0. The van der Waals surface area contributed by atoms with Crippen LogP contribution in [0.3, 0.4) is 0 Å². The molecule has 0 amide bonds. The first kappa shape index (κ1) is 5.88. The van der Waals surface area contributed by atoms with E-state index in [2.05, 4.69) is 21.0 Å². The van der Waals surface area contributed by atoms with E-state index in [0.717, 1.165) is 0 Å². The van der Waals surface area contributed by atoms with Gasteiger partial charge in [-0.1, -0.05) is 12.1 Å². The third-order valence-electron chi connectivity index (χ3n) is 0.798. The molecule has 8 heavy (non-hydrogen) atoms. The van der Waals surface area contributed by atoms with Crippen LogP contribution in [-0.4, -0.2) is 5.67 Å². The van der Waals surface area contributed by atoms with Gasteiger partial charge in [0.25, 0.3) is 0 Å². The zero-order chi connectivity index (χ0) is 5.98. The molecule has 1 N–H and O–H groups in total. The van der Waals surface area contributed by atoms with Crippen molar-refractivity contribution >= 4 is 21.4 Å². The second-order valence-electron chi connectivity index (χ2n) is 1.45. The van der Waals surface area contributed by atoms with Crippen LogP contribution in [0.2, 0.25) is 0 Å². The van der Waals surface area contributed by atoms with Gasteiger partial charge in [0.2, 0.25) is 0 Å². The van der Waals surface area contributed by atoms with Crippen molar-refractivity contribution in [2.75, 3.05) is 0 Å². The Bertz CT molecular complexity index is 145. The van der Waals surface area contributed by atoms with Gasteiger partial charge >= 0.3 is 5.67 Å². The molecule has 0 bridgehead atoms. The van der Waals surface area contributed by atoms with E-state index in [1.165, 1.54) is 6.08 Å². The summed E-state index contributed by atoms with van der Waals surface area (Å²) in [6.07, 6.45) is 3.03. The molecule has 0 spiro atoms. The van der Waals surface area contributed by atoms with Gasteiger partial charge in [0, 0.05) is 0 Å². The Morgan fingerprint density at radius 3 is 2.88 bits per heavy atom. The Hall–Kier alpha value is -0.245. The van der Waals surface area contributed by atoms with Gasteiger partial charge in [0.1, 0.15) is 0 Å². The number of nitrogens with one attached hydrogen (secondary N) is 1. The highest BCUT2D eigenvalue weighted by Gasteiger charge is 2.08. The quantitative estimate of drug-likeness (QED) is 0.434. The maximum atomic E-state index is 12.1. The minimum atomic E-state index is -0.297. The molecule has 42 valence electrons. The highest BCUT2D eigenvalue weighted by atomic mass is 79.9. The lowest BCUT2D eigenvalue weighted by molar-refractivity contribution is 0.602. The van der Waals surface area contributed by atoms with Crippen LogP contribution in [0.1, 0.15) is 0 Å². The van der Waals surface area contributed by atoms with E-state index >= 15 is 0 Å². The normalized spacial score (nSPS) is 17.8. The SMILES string of the molecule is FC1=CC=CB(Br)N1. The fourth-order valence-corrected chi connectivity index (χ4v) is 0.860. The van der Waals surface area contributed by atoms with E-state index in [9.17, 15) is 4.39 Å². The van der Waals surface area contributed by atoms with Crippen molar-refractivity contribution < 1.29 is 4.39 Å². The van der Waals surface area contributed by atoms with Crippen molar-refractivity contribution in [1.82, 2.24) is 5.23 Å². The zero-order valence-electron chi connectivity index (χ0n) is 4.07. The molecule has 1 aliphatic heterocycles. The summed E-state index contributed by atoms with van der Waals surface area (Å²) in [7, 11) is 0. The van der Waals surface area contributed by atoms with E-state index < -0.39 is 0 Å². The van der Waals surface area contributed by atoms with Gasteiger partial charge in [0.15, 0.2) is 5.95 Å². The zero-order valence-corrected chi connectivity index (χ0v) is 5.65. The minimum Gasteiger partial charge on any atom is -0.391 e. The van der Waals surface area contributed by atoms with Gasteiger partial charge in [0.05, 0.1) is 0 Å². The third-order valence-corrected chi connectivity index (χ3v) is 1.33. The molecule has 0 saturated heterocycles. The van der Waals surface area contributed by atoms with E-state index in [1.54, 1.807) is 6.08 Å². The monoisotopic (exact) mass is 175 g/mol. The van der Waals surface area contributed by atoms with Crippen molar-refractivity contribution in [1.29, 1.82) is 0 Å². The number of hydrogen-bond acceptors (Lipinski definition) is 1. The van der Waals surface area contributed by atoms with Gasteiger partial charge in [-0.25, -0.2) is 0 Å². The molecule has 0 unspecified atom stereocenters. The van der Waals surface area contributed by atoms with Crippen LogP contribution >= 0.6 is 15.8 Å². The van der Waals surface area contributed by atoms with Gasteiger partial charge in [-0.05, 0) is 6.08 Å². The number of rotatable bonds is 0. The lowest BCUT2D eigenvalue weighted by Gasteiger charge is -2.05. The topological polar surface area (TPSA) is 12.0 Å². The Morgan fingerprint density at radius 1 is 1.75 bits per heavy atom. The molecule has 1 heterocycles. The van der Waals surface area contributed by atoms with Crippen LogP contribution in [0, 0.1) is 0 Å². The van der Waals surface area contributed by atoms with Crippen molar-refractivity contribution in [2.24, 2.45) is 0 Å². The second-order valence-corrected chi connectivity index (χ2v) is 2.43. The summed E-state index contributed by atoms with van der Waals surface area (Å²) < 4.78 is 12.1. The Kier molecular flexibility index (Phi) is 1.73. The van der Waals surface area contributed by atoms with Gasteiger partial charge in [-0.2, -0.15) is 4.39 Å². The highest BCUT2D eigenvalue weighted by Crippen LogP contribution is 2.03. The smallest absolute Gasteiger partial charge is 0.358 e. The average Bonchev–Trinajstić information content (AvgIpc) is 1.64. The summed E-state index contributed by atoms with van der Waals surface area (Å²) >= 11 is 3.15. The summed E-state index contributed by atoms with van der Waals surface area (Å²) in [5.41, 5.74) is -0.0486. The van der Waals surface area contributed by atoms with Crippen LogP contribution < -0.4 is 5.23 Å². The Balaban J connectivity index is 2.59. The maximum absolute atomic E-state index is 12.1. The third kappa shape index (κ3) is 1.37. The van der Waals surface area contributed by atoms with Gasteiger partial charge < -0.3 is 5.23 Å². The minimum absolute atomic E-state index is 0.0486. The molecular formula is C4H4BBrFN. The summed E-state index contributed by atoms with van der Waals surface area (Å²) in [6, 6.07) is 0. The lowest BCUT2D eigenvalue weighted by Crippen LogP contribution is -2.25. The second kappa shape index (κ2) is 2.35. The molecule has 0 aromatic rings. The van der Waals surface area contributed by atoms with Crippen LogP contribution in [0.25, 0.3) is 0 Å². The van der Waals surface area contributed by atoms with Crippen LogP contribution in [-0.2, 0) is 0 Å². The first-order valence-electron chi connectivity index (χ1n) is 2.23. The van der Waals surface area contributed by atoms with Gasteiger partial charge in [-0.15, -0.1) is 15.8 Å². The molecule has 0 aromatic carbocycles. The van der Waals surface area contributed by atoms with E-state index in [1.807, 2.05) is 5.98 Å². The summed E-state index contributed by atoms with van der Waals surface area (Å²) in [5.74, 6) is 1.51. The largest absolute Gasteiger partial charge is 0.391 e. The van der Waals surface area contributed by atoms with Crippen LogP contribution in [0.5, 0.6) is 0 Å². The number of halogens is 2. The molecule has 1 nitrogen and oxygen atoms in total. The van der Waals surface area contributed by atoms with Crippen molar-refractivity contribution in [3.63, 3.8) is 0 Å². The Labute approximate surface area is 55.7 Å². The average molecular weight is 176 g/mol. The molecule has 0 radical (unpaired) electrons. The van der Waals surface area contributed by atoms with Crippen molar-refractivity contribution in [3.05, 3.63) is 24.1 Å². The lowest BCUT2D eigenvalue weighted by atomic mass is 9.92. The van der Waals surface area contributed by atoms with E-state index in [-0.39, 0.29) is 11.6 Å². The molecule has 0 aliphatic carbocycles. The molecule has 0 aromatic heterocycles. The molecule has 0 atom stereocenters. The molecule has 1 rings (SSSR count). The highest BCUT2D eigenvalue weighted by molar-refractivity contribution is 9.24. The summed E-state index contributed by atoms with van der Waals surface area (Å²) in [4.78, 5) is 0. The Morgan fingerprint density at radius 2 is 2.50 bits per heavy atom. The van der Waals surface area contributed by atoms with Crippen LogP contribution in [0.15, 0.2) is 24.1 Å². The molecule has 1 aliphatic rings. The fourth-order valence-electron chi connectivity index (χ4n) is 0.466. The number of allylic oxidation sites excluding steroid dienone is 2. The number of hydrogen-bond donors (Lipinski definition) is 1. The van der Waals surface area contributed by atoms with E-state index in [4.69, 9.17) is 0 Å². The van der Waals surface area contributed by atoms with Crippen molar-refractivity contribution in [3.8, 4) is 0 Å². The predicted molar refractivity (Wildman–Crippen MR) is 36.1 cm³/mol. The molecule has 0 saturated carbocycles. The fraction of sp³-hybridized carbons (Fsp3) is 0. The summed E-state index contributed by atoms with van der Waals surface area (Å²) in [5, 5.41) is 2.50. The molecule has 0 fully saturated rings. The maximum Gasteiger partial charge on any atom is 0.358 e. The van der Waals surface area contributed by atoms with Crippen molar-refractivity contribution in [2.45, 2.75) is 0 Å². The van der Waals surface area contributed by atoms with Crippen LogP contribution in [0.4, 0.5) is 4.39 Å². The first-order chi connectivity index (χ1) is 3.79. The molecule has 4 heteroatoms. The predicted octanol–water partition coefficient (Wildman–Crippen LogP) is 1.38.